The number of rotatable bonds is 2. The molecule has 3 heteroatoms. The maximum atomic E-state index is 12.8. The third-order valence-electron chi connectivity index (χ3n) is 1.78. The van der Waals surface area contributed by atoms with E-state index < -0.39 is 0 Å². The van der Waals surface area contributed by atoms with E-state index in [1.807, 2.05) is 6.92 Å². The van der Waals surface area contributed by atoms with Crippen LogP contribution in [0.25, 0.3) is 5.57 Å². The maximum Gasteiger partial charge on any atom is 0.152 e. The Hall–Kier alpha value is -0.960. The third-order valence-corrected chi connectivity index (χ3v) is 2.43. The van der Waals surface area contributed by atoms with E-state index in [-0.39, 0.29) is 11.6 Å². The predicted molar refractivity (Wildman–Crippen MR) is 58.4 cm³/mol. The van der Waals surface area contributed by atoms with Crippen LogP contribution in [0, 0.1) is 5.82 Å². The van der Waals surface area contributed by atoms with Crippen molar-refractivity contribution in [3.8, 4) is 0 Å². The van der Waals surface area contributed by atoms with Crippen LogP contribution >= 0.6 is 15.9 Å². The van der Waals surface area contributed by atoms with Gasteiger partial charge in [-0.25, -0.2) is 4.39 Å². The van der Waals surface area contributed by atoms with Gasteiger partial charge in [-0.3, -0.25) is 4.79 Å². The van der Waals surface area contributed by atoms with Crippen LogP contribution < -0.4 is 0 Å². The van der Waals surface area contributed by atoms with Gasteiger partial charge in [0.15, 0.2) is 5.78 Å². The Balaban J connectivity index is 3.14. The Kier molecular flexibility index (Phi) is 3.58. The zero-order valence-electron chi connectivity index (χ0n) is 7.97. The Bertz CT molecular complexity index is 396. The molecule has 1 aromatic rings. The first kappa shape index (κ1) is 11.1. The molecule has 1 rings (SSSR count). The molecule has 0 fully saturated rings. The van der Waals surface area contributed by atoms with E-state index in [1.165, 1.54) is 25.1 Å². The summed E-state index contributed by atoms with van der Waals surface area (Å²) >= 11 is 3.25. The zero-order valence-corrected chi connectivity index (χ0v) is 9.56. The van der Waals surface area contributed by atoms with Gasteiger partial charge in [0.2, 0.25) is 0 Å². The van der Waals surface area contributed by atoms with Crippen molar-refractivity contribution in [2.75, 3.05) is 0 Å². The summed E-state index contributed by atoms with van der Waals surface area (Å²) in [6.07, 6.45) is 1.53. The molecule has 14 heavy (non-hydrogen) atoms. The summed E-state index contributed by atoms with van der Waals surface area (Å²) in [5, 5.41) is 0. The van der Waals surface area contributed by atoms with Crippen molar-refractivity contribution < 1.29 is 9.18 Å². The van der Waals surface area contributed by atoms with Crippen LogP contribution in [0.15, 0.2) is 28.7 Å². The number of carbonyl (C=O) groups excluding carboxylic acids is 1. The smallest absolute Gasteiger partial charge is 0.152 e. The minimum Gasteiger partial charge on any atom is -0.295 e. The van der Waals surface area contributed by atoms with Crippen LogP contribution in [-0.2, 0) is 4.79 Å². The quantitative estimate of drug-likeness (QED) is 0.740. The van der Waals surface area contributed by atoms with Gasteiger partial charge in [0.1, 0.15) is 5.82 Å². The van der Waals surface area contributed by atoms with Crippen molar-refractivity contribution >= 4 is 27.3 Å². The monoisotopic (exact) mass is 256 g/mol. The Morgan fingerprint density at radius 3 is 2.57 bits per heavy atom. The lowest BCUT2D eigenvalue weighted by atomic mass is 10.1. The van der Waals surface area contributed by atoms with Crippen LogP contribution in [0.3, 0.4) is 0 Å². The lowest BCUT2D eigenvalue weighted by molar-refractivity contribution is -0.112. The Morgan fingerprint density at radius 1 is 1.43 bits per heavy atom. The van der Waals surface area contributed by atoms with E-state index in [0.29, 0.717) is 4.47 Å². The van der Waals surface area contributed by atoms with Crippen molar-refractivity contribution in [3.63, 3.8) is 0 Å². The summed E-state index contributed by atoms with van der Waals surface area (Å²) in [4.78, 5) is 10.8. The van der Waals surface area contributed by atoms with Gasteiger partial charge in [-0.15, -0.1) is 0 Å². The van der Waals surface area contributed by atoms with Crippen molar-refractivity contribution in [1.29, 1.82) is 0 Å². The fourth-order valence-electron chi connectivity index (χ4n) is 1.19. The second-order valence-corrected chi connectivity index (χ2v) is 3.92. The molecule has 0 aliphatic rings. The maximum absolute atomic E-state index is 12.8. The van der Waals surface area contributed by atoms with Gasteiger partial charge < -0.3 is 0 Å². The van der Waals surface area contributed by atoms with E-state index in [9.17, 15) is 9.18 Å². The van der Waals surface area contributed by atoms with Gasteiger partial charge in [0, 0.05) is 4.47 Å². The molecule has 0 spiro atoms. The van der Waals surface area contributed by atoms with Crippen LogP contribution in [-0.4, -0.2) is 5.78 Å². The van der Waals surface area contributed by atoms with E-state index in [2.05, 4.69) is 15.9 Å². The average molecular weight is 257 g/mol. The number of halogens is 2. The lowest BCUT2D eigenvalue weighted by Crippen LogP contribution is -1.88. The number of ketones is 1. The molecule has 1 nitrogen and oxygen atoms in total. The van der Waals surface area contributed by atoms with Crippen LogP contribution in [0.4, 0.5) is 4.39 Å². The largest absolute Gasteiger partial charge is 0.295 e. The molecule has 0 heterocycles. The SMILES string of the molecule is CC(=O)/C=C(/C)c1ccc(F)cc1Br. The highest BCUT2D eigenvalue weighted by Gasteiger charge is 2.03. The van der Waals surface area contributed by atoms with Gasteiger partial charge in [0.05, 0.1) is 0 Å². The second-order valence-electron chi connectivity index (χ2n) is 3.06. The molecule has 0 radical (unpaired) electrons. The summed E-state index contributed by atoms with van der Waals surface area (Å²) in [6.45, 7) is 3.31. The third kappa shape index (κ3) is 2.77. The molecule has 74 valence electrons. The minimum absolute atomic E-state index is 0.0151. The van der Waals surface area contributed by atoms with E-state index in [4.69, 9.17) is 0 Å². The van der Waals surface area contributed by atoms with Gasteiger partial charge >= 0.3 is 0 Å². The number of allylic oxidation sites excluding steroid dienone is 2. The lowest BCUT2D eigenvalue weighted by Gasteiger charge is -2.03. The molecule has 0 aromatic heterocycles. The molecular formula is C11H10BrFO. The first-order chi connectivity index (χ1) is 6.50. The fourth-order valence-corrected chi connectivity index (χ4v) is 1.86. The van der Waals surface area contributed by atoms with Gasteiger partial charge in [-0.1, -0.05) is 22.0 Å². The number of hydrogen-bond acceptors (Lipinski definition) is 1. The molecular weight excluding hydrogens is 247 g/mol. The molecule has 0 atom stereocenters. The van der Waals surface area contributed by atoms with Gasteiger partial charge in [0.25, 0.3) is 0 Å². The molecule has 0 aliphatic carbocycles. The summed E-state index contributed by atoms with van der Waals surface area (Å²) in [5.74, 6) is -0.310. The molecule has 0 aliphatic heterocycles. The van der Waals surface area contributed by atoms with Crippen molar-refractivity contribution in [3.05, 3.63) is 40.1 Å². The second kappa shape index (κ2) is 4.51. The minimum atomic E-state index is -0.295. The highest BCUT2D eigenvalue weighted by Crippen LogP contribution is 2.24. The van der Waals surface area contributed by atoms with E-state index in [0.717, 1.165) is 11.1 Å². The zero-order chi connectivity index (χ0) is 10.7. The number of carbonyl (C=O) groups is 1. The molecule has 0 bridgehead atoms. The topological polar surface area (TPSA) is 17.1 Å². The van der Waals surface area contributed by atoms with E-state index >= 15 is 0 Å². The van der Waals surface area contributed by atoms with Crippen LogP contribution in [0.1, 0.15) is 19.4 Å². The van der Waals surface area contributed by atoms with E-state index in [1.54, 1.807) is 6.07 Å². The van der Waals surface area contributed by atoms with Crippen molar-refractivity contribution in [2.45, 2.75) is 13.8 Å². The molecule has 0 saturated carbocycles. The molecule has 0 amide bonds. The summed E-state index contributed by atoms with van der Waals surface area (Å²) < 4.78 is 13.4. The molecule has 1 aromatic carbocycles. The van der Waals surface area contributed by atoms with Crippen LogP contribution in [0.5, 0.6) is 0 Å². The Morgan fingerprint density at radius 2 is 2.07 bits per heavy atom. The molecule has 0 saturated heterocycles. The van der Waals surface area contributed by atoms with Crippen molar-refractivity contribution in [1.82, 2.24) is 0 Å². The highest BCUT2D eigenvalue weighted by molar-refractivity contribution is 9.10. The fraction of sp³-hybridized carbons (Fsp3) is 0.182. The highest BCUT2D eigenvalue weighted by atomic mass is 79.9. The number of benzene rings is 1. The first-order valence-corrected chi connectivity index (χ1v) is 4.94. The first-order valence-electron chi connectivity index (χ1n) is 4.15. The summed E-state index contributed by atoms with van der Waals surface area (Å²) in [5.41, 5.74) is 1.66. The summed E-state index contributed by atoms with van der Waals surface area (Å²) in [7, 11) is 0. The van der Waals surface area contributed by atoms with Crippen LogP contribution in [0.2, 0.25) is 0 Å². The van der Waals surface area contributed by atoms with Gasteiger partial charge in [-0.2, -0.15) is 0 Å². The van der Waals surface area contributed by atoms with Crippen molar-refractivity contribution in [2.24, 2.45) is 0 Å². The summed E-state index contributed by atoms with van der Waals surface area (Å²) in [6, 6.07) is 4.40. The predicted octanol–water partition coefficient (Wildman–Crippen LogP) is 3.58. The average Bonchev–Trinajstić information content (AvgIpc) is 2.01. The standard InChI is InChI=1S/C11H10BrFO/c1-7(5-8(2)14)10-4-3-9(13)6-11(10)12/h3-6H,1-2H3/b7-5-. The normalized spacial score (nSPS) is 11.6. The number of hydrogen-bond donors (Lipinski definition) is 0. The Labute approximate surface area is 90.8 Å². The molecule has 0 N–H and O–H groups in total. The van der Waals surface area contributed by atoms with Gasteiger partial charge in [-0.05, 0) is 43.2 Å². The molecule has 0 unspecified atom stereocenters.